The van der Waals surface area contributed by atoms with Crippen molar-refractivity contribution in [3.8, 4) is 11.8 Å². The molecule has 11 heteroatoms. The number of halogens is 3. The number of imide groups is 1. The number of nitrogens with one attached hydrogen (secondary N) is 2. The first kappa shape index (κ1) is 23.0. The van der Waals surface area contributed by atoms with Crippen molar-refractivity contribution in [1.29, 1.82) is 0 Å². The monoisotopic (exact) mass is 470 g/mol. The maximum absolute atomic E-state index is 12.7. The van der Waals surface area contributed by atoms with Crippen molar-refractivity contribution in [3.05, 3.63) is 64.5 Å². The maximum atomic E-state index is 12.7. The quantitative estimate of drug-likeness (QED) is 0.523. The molecule has 2 aliphatic heterocycles. The number of hydrogen-bond donors (Lipinski definition) is 2. The van der Waals surface area contributed by atoms with Crippen LogP contribution >= 0.6 is 0 Å². The second-order valence-electron chi connectivity index (χ2n) is 7.75. The van der Waals surface area contributed by atoms with Crippen LogP contribution in [-0.2, 0) is 33.6 Å². The highest BCUT2D eigenvalue weighted by molar-refractivity contribution is 6.05. The zero-order valence-electron chi connectivity index (χ0n) is 17.5. The minimum absolute atomic E-state index is 0.110. The smallest absolute Gasteiger partial charge is 0.341 e. The molecule has 1 unspecified atom stereocenters. The third kappa shape index (κ3) is 4.91. The van der Waals surface area contributed by atoms with E-state index in [0.29, 0.717) is 16.7 Å². The highest BCUT2D eigenvalue weighted by atomic mass is 19.4. The average Bonchev–Trinajstić information content (AvgIpc) is 3.11. The van der Waals surface area contributed by atoms with Gasteiger partial charge in [-0.15, -0.1) is 0 Å². The summed E-state index contributed by atoms with van der Waals surface area (Å²) in [6.45, 7) is 0.321. The van der Waals surface area contributed by atoms with Crippen LogP contribution < -0.4 is 10.6 Å². The summed E-state index contributed by atoms with van der Waals surface area (Å²) in [6, 6.07) is 6.22. The second-order valence-corrected chi connectivity index (χ2v) is 7.75. The number of pyridine rings is 1. The van der Waals surface area contributed by atoms with Gasteiger partial charge in [-0.05, 0) is 35.7 Å². The Balaban J connectivity index is 1.36. The zero-order valence-corrected chi connectivity index (χ0v) is 17.5. The molecule has 0 saturated carbocycles. The standard InChI is InChI=1S/C23H17F3N4O4/c24-23(25,26)18-6-2-13(10-27-18)3-7-19(31)28-11-14-1-4-16-15(9-14)12-30(22(16)34)17-5-8-20(32)29-21(17)33/h1-2,4,6,9-10,17H,5,8,11-12H2,(H,28,31)(H,29,32,33). The van der Waals surface area contributed by atoms with Crippen molar-refractivity contribution in [3.63, 3.8) is 0 Å². The predicted octanol–water partition coefficient (Wildman–Crippen LogP) is 1.53. The molecular formula is C23H17F3N4O4. The Hall–Kier alpha value is -4.20. The Morgan fingerprint density at radius 2 is 2.00 bits per heavy atom. The number of amides is 4. The largest absolute Gasteiger partial charge is 0.433 e. The van der Waals surface area contributed by atoms with Crippen LogP contribution in [0.3, 0.4) is 0 Å². The Labute approximate surface area is 191 Å². The summed E-state index contributed by atoms with van der Waals surface area (Å²) >= 11 is 0. The molecule has 0 spiro atoms. The van der Waals surface area contributed by atoms with Gasteiger partial charge in [-0.1, -0.05) is 18.1 Å². The Morgan fingerprint density at radius 1 is 1.21 bits per heavy atom. The van der Waals surface area contributed by atoms with Crippen molar-refractivity contribution < 1.29 is 32.3 Å². The molecule has 4 amide bonds. The molecule has 34 heavy (non-hydrogen) atoms. The summed E-state index contributed by atoms with van der Waals surface area (Å²) in [4.78, 5) is 52.9. The van der Waals surface area contributed by atoms with E-state index in [1.807, 2.05) is 0 Å². The van der Waals surface area contributed by atoms with Crippen LogP contribution in [-0.4, -0.2) is 39.6 Å². The fraction of sp³-hybridized carbons (Fsp3) is 0.261. The van der Waals surface area contributed by atoms with E-state index >= 15 is 0 Å². The van der Waals surface area contributed by atoms with Gasteiger partial charge in [0, 0.05) is 42.8 Å². The number of aromatic nitrogens is 1. The van der Waals surface area contributed by atoms with Crippen LogP contribution in [0.1, 0.15) is 45.6 Å². The first-order valence-corrected chi connectivity index (χ1v) is 10.2. The normalized spacial score (nSPS) is 17.6. The van der Waals surface area contributed by atoms with Gasteiger partial charge >= 0.3 is 6.18 Å². The molecule has 174 valence electrons. The lowest BCUT2D eigenvalue weighted by Crippen LogP contribution is -2.52. The number of carbonyl (C=O) groups excluding carboxylic acids is 4. The number of alkyl halides is 3. The van der Waals surface area contributed by atoms with Gasteiger partial charge in [-0.2, -0.15) is 13.2 Å². The molecule has 2 aromatic rings. The van der Waals surface area contributed by atoms with Crippen molar-refractivity contribution in [2.75, 3.05) is 0 Å². The van der Waals surface area contributed by atoms with Crippen LogP contribution in [0, 0.1) is 11.8 Å². The molecule has 2 N–H and O–H groups in total. The number of nitrogens with zero attached hydrogens (tertiary/aromatic N) is 2. The average molecular weight is 470 g/mol. The minimum Gasteiger partial charge on any atom is -0.341 e. The van der Waals surface area contributed by atoms with Crippen molar-refractivity contribution in [1.82, 2.24) is 20.5 Å². The number of hydrogen-bond acceptors (Lipinski definition) is 5. The van der Waals surface area contributed by atoms with E-state index in [1.165, 1.54) is 4.90 Å². The molecule has 4 rings (SSSR count). The van der Waals surface area contributed by atoms with Crippen LogP contribution in [0.15, 0.2) is 36.5 Å². The van der Waals surface area contributed by atoms with Gasteiger partial charge in [-0.25, -0.2) is 0 Å². The van der Waals surface area contributed by atoms with Gasteiger partial charge in [0.15, 0.2) is 0 Å². The fourth-order valence-corrected chi connectivity index (χ4v) is 3.73. The van der Waals surface area contributed by atoms with E-state index in [-0.39, 0.29) is 43.3 Å². The first-order valence-electron chi connectivity index (χ1n) is 10.2. The van der Waals surface area contributed by atoms with Crippen LogP contribution in [0.4, 0.5) is 13.2 Å². The molecule has 1 saturated heterocycles. The zero-order chi connectivity index (χ0) is 24.5. The van der Waals surface area contributed by atoms with E-state index in [1.54, 1.807) is 18.2 Å². The molecule has 8 nitrogen and oxygen atoms in total. The summed E-state index contributed by atoms with van der Waals surface area (Å²) in [6.07, 6.45) is -3.19. The van der Waals surface area contributed by atoms with Gasteiger partial charge in [0.1, 0.15) is 11.7 Å². The van der Waals surface area contributed by atoms with Gasteiger partial charge in [-0.3, -0.25) is 29.5 Å². The summed E-state index contributed by atoms with van der Waals surface area (Å²) in [5, 5.41) is 4.83. The van der Waals surface area contributed by atoms with Gasteiger partial charge in [0.2, 0.25) is 11.8 Å². The molecule has 1 aromatic heterocycles. The topological polar surface area (TPSA) is 108 Å². The number of fused-ring (bicyclic) bond motifs is 1. The Morgan fingerprint density at radius 3 is 2.68 bits per heavy atom. The fourth-order valence-electron chi connectivity index (χ4n) is 3.73. The highest BCUT2D eigenvalue weighted by Gasteiger charge is 2.39. The van der Waals surface area contributed by atoms with E-state index in [9.17, 15) is 32.3 Å². The first-order chi connectivity index (χ1) is 16.1. The molecule has 2 aliphatic rings. The third-order valence-corrected chi connectivity index (χ3v) is 5.42. The number of rotatable bonds is 3. The number of benzene rings is 1. The molecule has 1 fully saturated rings. The summed E-state index contributed by atoms with van der Waals surface area (Å²) in [5.41, 5.74) is 0.960. The summed E-state index contributed by atoms with van der Waals surface area (Å²) in [7, 11) is 0. The number of piperidine rings is 1. The van der Waals surface area contributed by atoms with Crippen LogP contribution in [0.25, 0.3) is 0 Å². The van der Waals surface area contributed by atoms with Crippen LogP contribution in [0.2, 0.25) is 0 Å². The molecule has 1 aromatic carbocycles. The Kier molecular flexibility index (Phi) is 6.06. The van der Waals surface area contributed by atoms with Gasteiger partial charge < -0.3 is 10.2 Å². The minimum atomic E-state index is -4.55. The van der Waals surface area contributed by atoms with Crippen LogP contribution in [0.5, 0.6) is 0 Å². The second kappa shape index (κ2) is 8.97. The van der Waals surface area contributed by atoms with Crippen molar-refractivity contribution in [2.45, 2.75) is 38.1 Å². The lowest BCUT2D eigenvalue weighted by molar-refractivity contribution is -0.141. The lowest BCUT2D eigenvalue weighted by atomic mass is 10.0. The molecule has 0 aliphatic carbocycles. The molecule has 0 radical (unpaired) electrons. The number of carbonyl (C=O) groups is 4. The predicted molar refractivity (Wildman–Crippen MR) is 110 cm³/mol. The van der Waals surface area contributed by atoms with Crippen molar-refractivity contribution in [2.24, 2.45) is 0 Å². The van der Waals surface area contributed by atoms with E-state index in [4.69, 9.17) is 0 Å². The highest BCUT2D eigenvalue weighted by Crippen LogP contribution is 2.28. The molecular weight excluding hydrogens is 453 g/mol. The Bertz CT molecular complexity index is 1250. The maximum Gasteiger partial charge on any atom is 0.433 e. The lowest BCUT2D eigenvalue weighted by Gasteiger charge is -2.29. The van der Waals surface area contributed by atoms with Gasteiger partial charge in [0.25, 0.3) is 11.8 Å². The van der Waals surface area contributed by atoms with Gasteiger partial charge in [0.05, 0.1) is 0 Å². The van der Waals surface area contributed by atoms with Crippen molar-refractivity contribution >= 4 is 23.6 Å². The van der Waals surface area contributed by atoms with E-state index in [2.05, 4.69) is 27.5 Å². The van der Waals surface area contributed by atoms with E-state index < -0.39 is 29.7 Å². The summed E-state index contributed by atoms with van der Waals surface area (Å²) in [5.74, 6) is 2.95. The molecule has 0 bridgehead atoms. The van der Waals surface area contributed by atoms with E-state index in [0.717, 1.165) is 18.3 Å². The summed E-state index contributed by atoms with van der Waals surface area (Å²) < 4.78 is 37.6. The third-order valence-electron chi connectivity index (χ3n) is 5.42. The SMILES string of the molecule is O=C(C#Cc1ccc(C(F)(F)F)nc1)NCc1ccc2c(c1)CN(C1CCC(=O)NC1=O)C2=O. The molecule has 3 heterocycles. The molecule has 1 atom stereocenters.